The predicted molar refractivity (Wildman–Crippen MR) is 84.3 cm³/mol. The SMILES string of the molecule is CNc1ncc(Br)c(Nc2ccc3ncccc3c2)n1. The van der Waals surface area contributed by atoms with Crippen molar-refractivity contribution < 1.29 is 0 Å². The lowest BCUT2D eigenvalue weighted by molar-refractivity contribution is 1.14. The van der Waals surface area contributed by atoms with Gasteiger partial charge in [-0.1, -0.05) is 6.07 Å². The van der Waals surface area contributed by atoms with Gasteiger partial charge in [0.05, 0.1) is 9.99 Å². The van der Waals surface area contributed by atoms with Gasteiger partial charge in [0.2, 0.25) is 5.95 Å². The fourth-order valence-corrected chi connectivity index (χ4v) is 2.16. The number of benzene rings is 1. The number of rotatable bonds is 3. The predicted octanol–water partition coefficient (Wildman–Crippen LogP) is 3.57. The van der Waals surface area contributed by atoms with Crippen molar-refractivity contribution in [2.75, 3.05) is 17.7 Å². The summed E-state index contributed by atoms with van der Waals surface area (Å²) in [4.78, 5) is 12.8. The molecule has 2 aromatic heterocycles. The van der Waals surface area contributed by atoms with Gasteiger partial charge in [-0.25, -0.2) is 4.98 Å². The van der Waals surface area contributed by atoms with Crippen LogP contribution in [-0.4, -0.2) is 22.0 Å². The molecule has 0 amide bonds. The Balaban J connectivity index is 1.96. The fraction of sp³-hybridized carbons (Fsp3) is 0.0714. The summed E-state index contributed by atoms with van der Waals surface area (Å²) in [6, 6.07) is 9.94. The third kappa shape index (κ3) is 2.55. The summed E-state index contributed by atoms with van der Waals surface area (Å²) in [5.41, 5.74) is 1.92. The average Bonchev–Trinajstić information content (AvgIpc) is 2.49. The minimum Gasteiger partial charge on any atom is -0.357 e. The minimum atomic E-state index is 0.568. The normalized spacial score (nSPS) is 10.5. The largest absolute Gasteiger partial charge is 0.357 e. The molecule has 3 aromatic rings. The highest BCUT2D eigenvalue weighted by molar-refractivity contribution is 9.10. The van der Waals surface area contributed by atoms with E-state index in [1.807, 2.05) is 30.3 Å². The zero-order valence-electron chi connectivity index (χ0n) is 10.8. The molecule has 6 heteroatoms. The summed E-state index contributed by atoms with van der Waals surface area (Å²) in [5, 5.41) is 7.27. The summed E-state index contributed by atoms with van der Waals surface area (Å²) in [6.45, 7) is 0. The van der Waals surface area contributed by atoms with Gasteiger partial charge in [0.25, 0.3) is 0 Å². The second kappa shape index (κ2) is 5.42. The van der Waals surface area contributed by atoms with Gasteiger partial charge in [-0.15, -0.1) is 0 Å². The lowest BCUT2D eigenvalue weighted by atomic mass is 10.2. The highest BCUT2D eigenvalue weighted by Crippen LogP contribution is 2.25. The highest BCUT2D eigenvalue weighted by Gasteiger charge is 2.05. The quantitative estimate of drug-likeness (QED) is 0.769. The third-order valence-electron chi connectivity index (χ3n) is 2.83. The van der Waals surface area contributed by atoms with Gasteiger partial charge in [0, 0.05) is 30.5 Å². The van der Waals surface area contributed by atoms with Crippen LogP contribution in [0.15, 0.2) is 47.2 Å². The van der Waals surface area contributed by atoms with Gasteiger partial charge in [-0.05, 0) is 40.2 Å². The van der Waals surface area contributed by atoms with E-state index in [1.54, 1.807) is 19.4 Å². The Morgan fingerprint density at radius 3 is 2.90 bits per heavy atom. The Bertz CT molecular complexity index is 759. The maximum absolute atomic E-state index is 4.37. The van der Waals surface area contributed by atoms with Crippen molar-refractivity contribution in [3.05, 3.63) is 47.2 Å². The highest BCUT2D eigenvalue weighted by atomic mass is 79.9. The molecule has 0 fully saturated rings. The Morgan fingerprint density at radius 2 is 2.05 bits per heavy atom. The van der Waals surface area contributed by atoms with Crippen LogP contribution < -0.4 is 10.6 Å². The average molecular weight is 330 g/mol. The molecule has 0 radical (unpaired) electrons. The molecular weight excluding hydrogens is 318 g/mol. The maximum atomic E-state index is 4.37. The molecule has 2 N–H and O–H groups in total. The number of halogens is 1. The summed E-state index contributed by atoms with van der Waals surface area (Å²) in [6.07, 6.45) is 3.50. The van der Waals surface area contributed by atoms with E-state index in [4.69, 9.17) is 0 Å². The lowest BCUT2D eigenvalue weighted by Gasteiger charge is -2.09. The van der Waals surface area contributed by atoms with Crippen LogP contribution in [0.4, 0.5) is 17.5 Å². The molecule has 5 nitrogen and oxygen atoms in total. The molecular formula is C14H12BrN5. The van der Waals surface area contributed by atoms with Crippen LogP contribution in [0.2, 0.25) is 0 Å². The van der Waals surface area contributed by atoms with Crippen LogP contribution in [0, 0.1) is 0 Å². The molecule has 100 valence electrons. The molecule has 0 atom stereocenters. The molecule has 3 rings (SSSR count). The Morgan fingerprint density at radius 1 is 1.15 bits per heavy atom. The van der Waals surface area contributed by atoms with E-state index in [-0.39, 0.29) is 0 Å². The van der Waals surface area contributed by atoms with Crippen molar-refractivity contribution in [3.63, 3.8) is 0 Å². The molecule has 1 aromatic carbocycles. The van der Waals surface area contributed by atoms with Crippen molar-refractivity contribution in [1.29, 1.82) is 0 Å². The van der Waals surface area contributed by atoms with Gasteiger partial charge >= 0.3 is 0 Å². The van der Waals surface area contributed by atoms with Gasteiger partial charge in [-0.2, -0.15) is 4.98 Å². The number of fused-ring (bicyclic) bond motifs is 1. The standard InChI is InChI=1S/C14H12BrN5/c1-16-14-18-8-11(15)13(20-14)19-10-4-5-12-9(7-10)3-2-6-17-12/h2-8H,1H3,(H2,16,18,19,20). The number of hydrogen-bond acceptors (Lipinski definition) is 5. The summed E-state index contributed by atoms with van der Waals surface area (Å²) in [5.74, 6) is 1.28. The van der Waals surface area contributed by atoms with E-state index >= 15 is 0 Å². The van der Waals surface area contributed by atoms with E-state index < -0.39 is 0 Å². The number of nitrogens with one attached hydrogen (secondary N) is 2. The Labute approximate surface area is 124 Å². The van der Waals surface area contributed by atoms with Gasteiger partial charge < -0.3 is 10.6 Å². The molecule has 0 aliphatic carbocycles. The van der Waals surface area contributed by atoms with Crippen LogP contribution in [0.1, 0.15) is 0 Å². The molecule has 20 heavy (non-hydrogen) atoms. The molecule has 0 bridgehead atoms. The second-order valence-corrected chi connectivity index (χ2v) is 5.03. The second-order valence-electron chi connectivity index (χ2n) is 4.18. The third-order valence-corrected chi connectivity index (χ3v) is 3.41. The first-order valence-electron chi connectivity index (χ1n) is 6.08. The smallest absolute Gasteiger partial charge is 0.224 e. The topological polar surface area (TPSA) is 62.7 Å². The van der Waals surface area contributed by atoms with Gasteiger partial charge in [0.15, 0.2) is 0 Å². The van der Waals surface area contributed by atoms with Crippen LogP contribution in [0.5, 0.6) is 0 Å². The molecule has 0 aliphatic rings. The van der Waals surface area contributed by atoms with E-state index in [2.05, 4.69) is 41.5 Å². The van der Waals surface area contributed by atoms with Crippen molar-refractivity contribution in [2.45, 2.75) is 0 Å². The fourth-order valence-electron chi connectivity index (χ4n) is 1.87. The van der Waals surface area contributed by atoms with Crippen molar-refractivity contribution >= 4 is 44.3 Å². The number of nitrogens with zero attached hydrogens (tertiary/aromatic N) is 3. The number of aromatic nitrogens is 3. The molecule has 0 spiro atoms. The zero-order chi connectivity index (χ0) is 13.9. The van der Waals surface area contributed by atoms with Gasteiger partial charge in [0.1, 0.15) is 5.82 Å². The monoisotopic (exact) mass is 329 g/mol. The number of hydrogen-bond donors (Lipinski definition) is 2. The lowest BCUT2D eigenvalue weighted by Crippen LogP contribution is -2.01. The first-order valence-corrected chi connectivity index (χ1v) is 6.87. The summed E-state index contributed by atoms with van der Waals surface area (Å²) >= 11 is 3.44. The number of pyridine rings is 1. The first-order chi connectivity index (χ1) is 9.76. The molecule has 0 saturated carbocycles. The molecule has 0 aliphatic heterocycles. The zero-order valence-corrected chi connectivity index (χ0v) is 12.3. The number of anilines is 3. The summed E-state index contributed by atoms with van der Waals surface area (Å²) < 4.78 is 0.808. The molecule has 0 saturated heterocycles. The van der Waals surface area contributed by atoms with Crippen molar-refractivity contribution in [1.82, 2.24) is 15.0 Å². The van der Waals surface area contributed by atoms with Gasteiger partial charge in [-0.3, -0.25) is 4.98 Å². The van der Waals surface area contributed by atoms with E-state index in [9.17, 15) is 0 Å². The van der Waals surface area contributed by atoms with Crippen LogP contribution >= 0.6 is 15.9 Å². The van der Waals surface area contributed by atoms with E-state index in [0.29, 0.717) is 11.8 Å². The van der Waals surface area contributed by atoms with E-state index in [0.717, 1.165) is 21.1 Å². The Hall–Kier alpha value is -2.21. The van der Waals surface area contributed by atoms with Crippen LogP contribution in [0.3, 0.4) is 0 Å². The van der Waals surface area contributed by atoms with Crippen LogP contribution in [0.25, 0.3) is 10.9 Å². The first kappa shape index (κ1) is 12.8. The van der Waals surface area contributed by atoms with Crippen LogP contribution in [-0.2, 0) is 0 Å². The van der Waals surface area contributed by atoms with E-state index in [1.165, 1.54) is 0 Å². The molecule has 2 heterocycles. The van der Waals surface area contributed by atoms with Crippen molar-refractivity contribution in [2.24, 2.45) is 0 Å². The molecule has 0 unspecified atom stereocenters. The minimum absolute atomic E-state index is 0.568. The summed E-state index contributed by atoms with van der Waals surface area (Å²) in [7, 11) is 1.79. The van der Waals surface area contributed by atoms with Crippen molar-refractivity contribution in [3.8, 4) is 0 Å². The Kier molecular flexibility index (Phi) is 3.47. The maximum Gasteiger partial charge on any atom is 0.224 e.